The van der Waals surface area contributed by atoms with Gasteiger partial charge in [-0.1, -0.05) is 12.2 Å². The molecule has 6 heteroatoms. The highest BCUT2D eigenvalue weighted by Gasteiger charge is 2.10. The lowest BCUT2D eigenvalue weighted by Gasteiger charge is -2.09. The van der Waals surface area contributed by atoms with Crippen molar-refractivity contribution in [1.29, 1.82) is 0 Å². The molecule has 0 aliphatic rings. The van der Waals surface area contributed by atoms with Crippen LogP contribution in [0.5, 0.6) is 0 Å². The normalized spacial score (nSPS) is 17.2. The van der Waals surface area contributed by atoms with E-state index in [1.165, 1.54) is 6.08 Å². The molecular weight excluding hydrogens is 228 g/mol. The molecule has 0 aromatic carbocycles. The summed E-state index contributed by atoms with van der Waals surface area (Å²) < 4.78 is 4.54. The maximum absolute atomic E-state index is 11.0. The Hall–Kier alpha value is -1.21. The number of carbonyl (C=O) groups is 1. The van der Waals surface area contributed by atoms with Gasteiger partial charge in [0.05, 0.1) is 6.61 Å². The summed E-state index contributed by atoms with van der Waals surface area (Å²) >= 11 is 0. The summed E-state index contributed by atoms with van der Waals surface area (Å²) in [6, 6.07) is 0. The van der Waals surface area contributed by atoms with E-state index in [2.05, 4.69) is 4.74 Å². The highest BCUT2D eigenvalue weighted by Crippen LogP contribution is 1.98. The molecule has 0 heterocycles. The van der Waals surface area contributed by atoms with Crippen LogP contribution < -0.4 is 0 Å². The van der Waals surface area contributed by atoms with Crippen LogP contribution in [0, 0.1) is 0 Å². The Labute approximate surface area is 99.5 Å². The molecule has 0 fully saturated rings. The highest BCUT2D eigenvalue weighted by molar-refractivity contribution is 5.82. The van der Waals surface area contributed by atoms with E-state index >= 15 is 0 Å². The van der Waals surface area contributed by atoms with E-state index in [0.29, 0.717) is 0 Å². The summed E-state index contributed by atoms with van der Waals surface area (Å²) in [6.45, 7) is 0.858. The molecular formula is C11H18O6. The zero-order valence-corrected chi connectivity index (χ0v) is 9.56. The van der Waals surface area contributed by atoms with E-state index in [1.807, 2.05) is 0 Å². The summed E-state index contributed by atoms with van der Waals surface area (Å²) in [5.74, 6) is -0.774. The molecule has 0 saturated heterocycles. The average Bonchev–Trinajstić information content (AvgIpc) is 2.32. The maximum atomic E-state index is 11.0. The van der Waals surface area contributed by atoms with Gasteiger partial charge in [-0.15, -0.1) is 0 Å². The van der Waals surface area contributed by atoms with Crippen LogP contribution in [0.3, 0.4) is 0 Å². The topological polar surface area (TPSA) is 107 Å². The minimum Gasteiger partial charge on any atom is -0.460 e. The smallest absolute Gasteiger partial charge is 0.330 e. The predicted octanol–water partition coefficient (Wildman–Crippen LogP) is -1.26. The van der Waals surface area contributed by atoms with Crippen LogP contribution in [0.25, 0.3) is 0 Å². The third-order valence-corrected chi connectivity index (χ3v) is 1.80. The van der Waals surface area contributed by atoms with Gasteiger partial charge in [-0.3, -0.25) is 0 Å². The molecule has 0 saturated carbocycles. The fraction of sp³-hybridized carbons (Fsp3) is 0.545. The van der Waals surface area contributed by atoms with E-state index in [9.17, 15) is 15.0 Å². The van der Waals surface area contributed by atoms with Crippen LogP contribution in [0.2, 0.25) is 0 Å². The summed E-state index contributed by atoms with van der Waals surface area (Å²) in [6.07, 6.45) is 1.55. The van der Waals surface area contributed by atoms with Crippen LogP contribution in [0.15, 0.2) is 24.3 Å². The first-order chi connectivity index (χ1) is 8.01. The number of aliphatic hydroxyl groups is 4. The van der Waals surface area contributed by atoms with Crippen molar-refractivity contribution in [2.24, 2.45) is 0 Å². The Morgan fingerprint density at radius 2 is 1.82 bits per heavy atom. The van der Waals surface area contributed by atoms with Gasteiger partial charge in [-0.05, 0) is 13.0 Å². The number of allylic oxidation sites excluding steroid dienone is 1. The molecule has 0 amide bonds. The van der Waals surface area contributed by atoms with Gasteiger partial charge in [0.25, 0.3) is 0 Å². The van der Waals surface area contributed by atoms with Gasteiger partial charge < -0.3 is 25.2 Å². The van der Waals surface area contributed by atoms with E-state index in [4.69, 9.17) is 10.2 Å². The Morgan fingerprint density at radius 1 is 1.24 bits per heavy atom. The molecule has 0 aliphatic heterocycles. The van der Waals surface area contributed by atoms with E-state index < -0.39 is 30.9 Å². The van der Waals surface area contributed by atoms with Crippen LogP contribution in [0.1, 0.15) is 6.92 Å². The molecule has 98 valence electrons. The molecule has 0 aromatic heterocycles. The van der Waals surface area contributed by atoms with Gasteiger partial charge in [-0.2, -0.15) is 0 Å². The molecule has 0 rings (SSSR count). The monoisotopic (exact) mass is 246 g/mol. The third kappa shape index (κ3) is 7.64. The summed E-state index contributed by atoms with van der Waals surface area (Å²) in [5.41, 5.74) is 0. The van der Waals surface area contributed by atoms with Gasteiger partial charge in [0.1, 0.15) is 24.9 Å². The average molecular weight is 246 g/mol. The number of carbonyl (C=O) groups excluding carboxylic acids is 1. The number of esters is 1. The molecule has 0 aliphatic carbocycles. The lowest BCUT2D eigenvalue weighted by Crippen LogP contribution is -2.23. The highest BCUT2D eigenvalue weighted by atomic mass is 16.5. The molecule has 3 atom stereocenters. The lowest BCUT2D eigenvalue weighted by atomic mass is 10.2. The Bertz CT molecular complexity index is 273. The van der Waals surface area contributed by atoms with Crippen molar-refractivity contribution in [3.05, 3.63) is 24.3 Å². The minimum absolute atomic E-state index is 0.326. The Morgan fingerprint density at radius 3 is 2.35 bits per heavy atom. The third-order valence-electron chi connectivity index (χ3n) is 1.80. The molecule has 0 bridgehead atoms. The van der Waals surface area contributed by atoms with E-state index in [1.54, 1.807) is 13.0 Å². The molecule has 0 radical (unpaired) electrons. The number of ether oxygens (including phenoxy) is 1. The molecule has 6 nitrogen and oxygen atoms in total. The predicted molar refractivity (Wildman–Crippen MR) is 60.0 cm³/mol. The second-order valence-electron chi connectivity index (χ2n) is 3.33. The van der Waals surface area contributed by atoms with Crippen molar-refractivity contribution in [2.75, 3.05) is 13.2 Å². The van der Waals surface area contributed by atoms with Crippen LogP contribution in [-0.2, 0) is 9.53 Å². The quantitative estimate of drug-likeness (QED) is 0.254. The van der Waals surface area contributed by atoms with Crippen molar-refractivity contribution in [3.63, 3.8) is 0 Å². The fourth-order valence-corrected chi connectivity index (χ4v) is 0.881. The first-order valence-electron chi connectivity index (χ1n) is 5.14. The first kappa shape index (κ1) is 15.8. The number of rotatable bonds is 7. The SMILES string of the molecule is C/C=C/[C@@H](O)[C@@H](O)/C=C/C(=O)OC[C@@H](O)CO. The largest absolute Gasteiger partial charge is 0.460 e. The lowest BCUT2D eigenvalue weighted by molar-refractivity contribution is -0.141. The van der Waals surface area contributed by atoms with Crippen molar-refractivity contribution in [1.82, 2.24) is 0 Å². The summed E-state index contributed by atoms with van der Waals surface area (Å²) in [4.78, 5) is 11.0. The van der Waals surface area contributed by atoms with Gasteiger partial charge >= 0.3 is 5.97 Å². The van der Waals surface area contributed by atoms with Crippen molar-refractivity contribution in [2.45, 2.75) is 25.2 Å². The molecule has 17 heavy (non-hydrogen) atoms. The molecule has 0 spiro atoms. The zero-order chi connectivity index (χ0) is 13.3. The second kappa shape index (κ2) is 8.89. The zero-order valence-electron chi connectivity index (χ0n) is 9.56. The van der Waals surface area contributed by atoms with Crippen molar-refractivity contribution >= 4 is 5.97 Å². The second-order valence-corrected chi connectivity index (χ2v) is 3.33. The van der Waals surface area contributed by atoms with Crippen LogP contribution in [-0.4, -0.2) is 57.9 Å². The standard InChI is InChI=1S/C11H18O6/c1-2-3-9(14)10(15)4-5-11(16)17-7-8(13)6-12/h2-5,8-10,12-15H,6-7H2,1H3/b3-2+,5-4+/t8-,9+,10-/m0/s1. The van der Waals surface area contributed by atoms with Gasteiger partial charge in [0, 0.05) is 6.08 Å². The van der Waals surface area contributed by atoms with E-state index in [-0.39, 0.29) is 6.61 Å². The fourth-order valence-electron chi connectivity index (χ4n) is 0.881. The Balaban J connectivity index is 4.02. The van der Waals surface area contributed by atoms with E-state index in [0.717, 1.165) is 12.2 Å². The summed E-state index contributed by atoms with van der Waals surface area (Å²) in [5, 5.41) is 36.0. The molecule has 0 aromatic rings. The number of aliphatic hydroxyl groups excluding tert-OH is 4. The van der Waals surface area contributed by atoms with Crippen LogP contribution >= 0.6 is 0 Å². The minimum atomic E-state index is -1.21. The number of hydrogen-bond acceptors (Lipinski definition) is 6. The van der Waals surface area contributed by atoms with Gasteiger partial charge in [0.2, 0.25) is 0 Å². The number of hydrogen-bond donors (Lipinski definition) is 4. The van der Waals surface area contributed by atoms with Crippen molar-refractivity contribution in [3.8, 4) is 0 Å². The maximum Gasteiger partial charge on any atom is 0.330 e. The molecule has 0 unspecified atom stereocenters. The van der Waals surface area contributed by atoms with Crippen molar-refractivity contribution < 1.29 is 30.0 Å². The van der Waals surface area contributed by atoms with Gasteiger partial charge in [-0.25, -0.2) is 4.79 Å². The molecule has 4 N–H and O–H groups in total. The Kier molecular flexibility index (Phi) is 8.25. The first-order valence-corrected chi connectivity index (χ1v) is 5.14. The summed E-state index contributed by atoms with van der Waals surface area (Å²) in [7, 11) is 0. The van der Waals surface area contributed by atoms with Gasteiger partial charge in [0.15, 0.2) is 0 Å². The van der Waals surface area contributed by atoms with Crippen LogP contribution in [0.4, 0.5) is 0 Å².